The largest absolute Gasteiger partial charge is 0.489 e. The molecule has 1 aromatic rings. The second-order valence-electron chi connectivity index (χ2n) is 5.10. The van der Waals surface area contributed by atoms with Gasteiger partial charge >= 0.3 is 0 Å². The number of hydrogen-bond donors (Lipinski definition) is 2. The molecule has 0 amide bonds. The molecule has 2 N–H and O–H groups in total. The van der Waals surface area contributed by atoms with Crippen LogP contribution in [0, 0.1) is 0 Å². The van der Waals surface area contributed by atoms with Crippen molar-refractivity contribution in [2.45, 2.75) is 32.9 Å². The van der Waals surface area contributed by atoms with E-state index in [9.17, 15) is 0 Å². The molecule has 0 fully saturated rings. The summed E-state index contributed by atoms with van der Waals surface area (Å²) in [6.45, 7) is 8.05. The van der Waals surface area contributed by atoms with E-state index in [1.807, 2.05) is 45.0 Å². The number of benzene rings is 1. The number of halogens is 2. The van der Waals surface area contributed by atoms with E-state index in [0.717, 1.165) is 18.3 Å². The maximum atomic E-state index is 5.86. The number of guanidine groups is 1. The number of hydrogen-bond acceptors (Lipinski definition) is 3. The summed E-state index contributed by atoms with van der Waals surface area (Å²) in [6.07, 6.45) is -0.0330. The first-order valence-electron chi connectivity index (χ1n) is 7.51. The maximum absolute atomic E-state index is 5.86. The van der Waals surface area contributed by atoms with Gasteiger partial charge in [0.15, 0.2) is 5.96 Å². The van der Waals surface area contributed by atoms with Crippen LogP contribution in [0.4, 0.5) is 0 Å². The van der Waals surface area contributed by atoms with Crippen molar-refractivity contribution >= 4 is 41.5 Å². The van der Waals surface area contributed by atoms with Crippen LogP contribution in [0.25, 0.3) is 0 Å². The van der Waals surface area contributed by atoms with Crippen molar-refractivity contribution in [3.05, 3.63) is 29.3 Å². The van der Waals surface area contributed by atoms with Gasteiger partial charge in [-0.2, -0.15) is 0 Å². The third-order valence-electron chi connectivity index (χ3n) is 2.80. The molecule has 0 saturated heterocycles. The average molecular weight is 456 g/mol. The Balaban J connectivity index is 0.00000484. The molecule has 0 aliphatic carbocycles. The van der Waals surface area contributed by atoms with Gasteiger partial charge < -0.3 is 20.1 Å². The molecule has 0 heterocycles. The lowest BCUT2D eigenvalue weighted by Gasteiger charge is -2.18. The summed E-state index contributed by atoms with van der Waals surface area (Å²) < 4.78 is 10.9. The Morgan fingerprint density at radius 1 is 1.26 bits per heavy atom. The lowest BCUT2D eigenvalue weighted by molar-refractivity contribution is 0.179. The van der Waals surface area contributed by atoms with E-state index in [1.54, 1.807) is 7.11 Å². The van der Waals surface area contributed by atoms with Crippen molar-refractivity contribution in [2.24, 2.45) is 4.99 Å². The van der Waals surface area contributed by atoms with Gasteiger partial charge in [-0.1, -0.05) is 11.6 Å². The van der Waals surface area contributed by atoms with E-state index >= 15 is 0 Å². The Morgan fingerprint density at radius 3 is 2.48 bits per heavy atom. The Bertz CT molecular complexity index is 457. The topological polar surface area (TPSA) is 54.9 Å². The molecule has 0 aromatic heterocycles. The van der Waals surface area contributed by atoms with Crippen LogP contribution in [0.2, 0.25) is 5.02 Å². The molecule has 1 rings (SSSR count). The Kier molecular flexibility index (Phi) is 12.3. The molecule has 1 aromatic carbocycles. The van der Waals surface area contributed by atoms with Gasteiger partial charge in [0, 0.05) is 24.7 Å². The van der Waals surface area contributed by atoms with Crippen molar-refractivity contribution in [3.8, 4) is 5.75 Å². The highest BCUT2D eigenvalue weighted by molar-refractivity contribution is 14.0. The third-order valence-corrected chi connectivity index (χ3v) is 3.05. The summed E-state index contributed by atoms with van der Waals surface area (Å²) in [4.78, 5) is 4.54. The van der Waals surface area contributed by atoms with Gasteiger partial charge in [0.2, 0.25) is 0 Å². The van der Waals surface area contributed by atoms with Crippen LogP contribution < -0.4 is 15.4 Å². The van der Waals surface area contributed by atoms with E-state index < -0.39 is 0 Å². The molecule has 0 saturated carbocycles. The first kappa shape index (κ1) is 22.3. The molecular formula is C16H27ClIN3O2. The summed E-state index contributed by atoms with van der Waals surface area (Å²) in [7, 11) is 1.68. The lowest BCUT2D eigenvalue weighted by atomic mass is 10.3. The second-order valence-corrected chi connectivity index (χ2v) is 5.54. The monoisotopic (exact) mass is 455 g/mol. The molecule has 0 bridgehead atoms. The SMILES string of the molecule is CCNC(=NCC(C)Oc1ccc(Cl)cc1)NC(C)COC.I. The first-order valence-corrected chi connectivity index (χ1v) is 7.89. The summed E-state index contributed by atoms with van der Waals surface area (Å²) in [5, 5.41) is 7.19. The molecule has 2 atom stereocenters. The molecule has 5 nitrogen and oxygen atoms in total. The molecule has 0 spiro atoms. The van der Waals surface area contributed by atoms with E-state index in [1.165, 1.54) is 0 Å². The van der Waals surface area contributed by atoms with Crippen molar-refractivity contribution < 1.29 is 9.47 Å². The van der Waals surface area contributed by atoms with Crippen LogP contribution >= 0.6 is 35.6 Å². The fourth-order valence-electron chi connectivity index (χ4n) is 1.85. The average Bonchev–Trinajstić information content (AvgIpc) is 2.48. The fourth-order valence-corrected chi connectivity index (χ4v) is 1.97. The van der Waals surface area contributed by atoms with Gasteiger partial charge in [-0.05, 0) is 45.0 Å². The number of aliphatic imine (C=N–C) groups is 1. The summed E-state index contributed by atoms with van der Waals surface area (Å²) >= 11 is 5.86. The van der Waals surface area contributed by atoms with Crippen LogP contribution in [0.15, 0.2) is 29.3 Å². The van der Waals surface area contributed by atoms with Crippen LogP contribution in [-0.4, -0.2) is 44.9 Å². The highest BCUT2D eigenvalue weighted by Crippen LogP contribution is 2.16. The normalized spacial score (nSPS) is 13.7. The number of ether oxygens (including phenoxy) is 2. The molecule has 0 aliphatic heterocycles. The molecular weight excluding hydrogens is 429 g/mol. The van der Waals surface area contributed by atoms with Crippen LogP contribution in [0.1, 0.15) is 20.8 Å². The van der Waals surface area contributed by atoms with E-state index in [4.69, 9.17) is 21.1 Å². The van der Waals surface area contributed by atoms with Crippen molar-refractivity contribution in [1.29, 1.82) is 0 Å². The molecule has 0 radical (unpaired) electrons. The van der Waals surface area contributed by atoms with Gasteiger partial charge in [0.05, 0.1) is 13.2 Å². The van der Waals surface area contributed by atoms with E-state index in [0.29, 0.717) is 18.2 Å². The predicted molar refractivity (Wildman–Crippen MR) is 107 cm³/mol. The third kappa shape index (κ3) is 9.88. The van der Waals surface area contributed by atoms with Gasteiger partial charge in [0.1, 0.15) is 11.9 Å². The highest BCUT2D eigenvalue weighted by Gasteiger charge is 2.07. The minimum atomic E-state index is -0.0330. The summed E-state index contributed by atoms with van der Waals surface area (Å²) in [5.74, 6) is 1.55. The van der Waals surface area contributed by atoms with Gasteiger partial charge in [-0.15, -0.1) is 24.0 Å². The zero-order chi connectivity index (χ0) is 16.4. The molecule has 0 aliphatic rings. The van der Waals surface area contributed by atoms with Crippen molar-refractivity contribution in [1.82, 2.24) is 10.6 Å². The zero-order valence-electron chi connectivity index (χ0n) is 14.1. The second kappa shape index (κ2) is 12.7. The Hall–Kier alpha value is -0.730. The maximum Gasteiger partial charge on any atom is 0.191 e. The standard InChI is InChI=1S/C16H26ClN3O2.HI/c1-5-18-16(20-12(2)11-21-4)19-10-13(3)22-15-8-6-14(17)7-9-15;/h6-9,12-13H,5,10-11H2,1-4H3,(H2,18,19,20);1H. The number of rotatable bonds is 8. The zero-order valence-corrected chi connectivity index (χ0v) is 17.2. The minimum Gasteiger partial charge on any atom is -0.489 e. The molecule has 132 valence electrons. The molecule has 2 unspecified atom stereocenters. The van der Waals surface area contributed by atoms with Gasteiger partial charge in [-0.25, -0.2) is 4.99 Å². The van der Waals surface area contributed by atoms with Gasteiger partial charge in [-0.3, -0.25) is 0 Å². The van der Waals surface area contributed by atoms with E-state index in [-0.39, 0.29) is 36.1 Å². The minimum absolute atomic E-state index is 0. The summed E-state index contributed by atoms with van der Waals surface area (Å²) in [6, 6.07) is 7.52. The van der Waals surface area contributed by atoms with E-state index in [2.05, 4.69) is 15.6 Å². The van der Waals surface area contributed by atoms with Gasteiger partial charge in [0.25, 0.3) is 0 Å². The predicted octanol–water partition coefficient (Wildman–Crippen LogP) is 3.32. The quantitative estimate of drug-likeness (QED) is 0.359. The van der Waals surface area contributed by atoms with Crippen molar-refractivity contribution in [3.63, 3.8) is 0 Å². The summed E-state index contributed by atoms with van der Waals surface area (Å²) in [5.41, 5.74) is 0. The first-order chi connectivity index (χ1) is 10.5. The molecule has 7 heteroatoms. The highest BCUT2D eigenvalue weighted by atomic mass is 127. The van der Waals surface area contributed by atoms with Crippen LogP contribution in [0.5, 0.6) is 5.75 Å². The number of methoxy groups -OCH3 is 1. The Labute approximate surface area is 161 Å². The molecule has 23 heavy (non-hydrogen) atoms. The fraction of sp³-hybridized carbons (Fsp3) is 0.562. The number of nitrogens with zero attached hydrogens (tertiary/aromatic N) is 1. The Morgan fingerprint density at radius 2 is 1.91 bits per heavy atom. The van der Waals surface area contributed by atoms with Crippen LogP contribution in [-0.2, 0) is 4.74 Å². The van der Waals surface area contributed by atoms with Crippen LogP contribution in [0.3, 0.4) is 0 Å². The van der Waals surface area contributed by atoms with Crippen molar-refractivity contribution in [2.75, 3.05) is 26.8 Å². The smallest absolute Gasteiger partial charge is 0.191 e. The number of nitrogens with one attached hydrogen (secondary N) is 2. The lowest BCUT2D eigenvalue weighted by Crippen LogP contribution is -2.44.